The van der Waals surface area contributed by atoms with Crippen molar-refractivity contribution < 1.29 is 29.5 Å². The van der Waals surface area contributed by atoms with Gasteiger partial charge in [0.25, 0.3) is 0 Å². The molecule has 0 aromatic carbocycles. The van der Waals surface area contributed by atoms with Crippen molar-refractivity contribution >= 4 is 19.0 Å². The Morgan fingerprint density at radius 2 is 2.17 bits per heavy atom. The fraction of sp³-hybridized carbons (Fsp3) is 0.846. The molecular weight excluding hydrogens is 305 g/mol. The normalized spacial score (nSPS) is 25.1. The monoisotopic (exact) mass is 331 g/mol. The molecule has 0 spiro atoms. The summed E-state index contributed by atoms with van der Waals surface area (Å²) in [4.78, 5) is 23.5. The summed E-state index contributed by atoms with van der Waals surface area (Å²) < 4.78 is 4.82. The number of hydrogen-bond acceptors (Lipinski definition) is 7. The highest BCUT2D eigenvalue weighted by atomic mass is 16.5. The fourth-order valence-electron chi connectivity index (χ4n) is 2.76. The van der Waals surface area contributed by atoms with Gasteiger partial charge in [0, 0.05) is 19.7 Å². The van der Waals surface area contributed by atoms with E-state index < -0.39 is 24.7 Å². The zero-order valence-corrected chi connectivity index (χ0v) is 13.3. The summed E-state index contributed by atoms with van der Waals surface area (Å²) in [5.41, 5.74) is 4.53. The van der Waals surface area contributed by atoms with E-state index in [1.165, 1.54) is 7.11 Å². The van der Waals surface area contributed by atoms with Crippen molar-refractivity contribution in [3.05, 3.63) is 0 Å². The van der Waals surface area contributed by atoms with Gasteiger partial charge in [-0.15, -0.1) is 0 Å². The summed E-state index contributed by atoms with van der Waals surface area (Å²) in [6.45, 7) is 0.444. The largest absolute Gasteiger partial charge is 0.480 e. The molecule has 0 radical (unpaired) electrons. The second-order valence-corrected chi connectivity index (χ2v) is 5.97. The molecule has 7 N–H and O–H groups in total. The summed E-state index contributed by atoms with van der Waals surface area (Å²) in [6, 6.07) is -1.10. The van der Waals surface area contributed by atoms with Gasteiger partial charge in [0.15, 0.2) is 0 Å². The molecule has 1 aliphatic rings. The van der Waals surface area contributed by atoms with E-state index in [4.69, 9.17) is 20.5 Å². The van der Waals surface area contributed by atoms with Crippen LogP contribution in [0.1, 0.15) is 25.7 Å². The van der Waals surface area contributed by atoms with Crippen LogP contribution in [0, 0.1) is 0 Å². The smallest absolute Gasteiger partial charge is 0.451 e. The van der Waals surface area contributed by atoms with Crippen LogP contribution in [0.5, 0.6) is 0 Å². The van der Waals surface area contributed by atoms with Gasteiger partial charge in [-0.2, -0.15) is 0 Å². The first-order chi connectivity index (χ1) is 10.8. The van der Waals surface area contributed by atoms with Crippen LogP contribution in [-0.2, 0) is 14.3 Å². The molecule has 1 amide bonds. The first-order valence-electron chi connectivity index (χ1n) is 7.70. The van der Waals surface area contributed by atoms with Crippen molar-refractivity contribution in [2.24, 2.45) is 5.73 Å². The Bertz CT molecular complexity index is 411. The molecule has 1 saturated heterocycles. The van der Waals surface area contributed by atoms with Gasteiger partial charge in [0.2, 0.25) is 5.91 Å². The minimum absolute atomic E-state index is 0.0968. The second kappa shape index (κ2) is 9.19. The number of aliphatic carboxylic acids is 1. The van der Waals surface area contributed by atoms with Crippen molar-refractivity contribution in [2.75, 3.05) is 20.3 Å². The number of nitrogens with two attached hydrogens (primary N) is 1. The molecule has 0 aromatic heterocycles. The van der Waals surface area contributed by atoms with Crippen LogP contribution in [0.4, 0.5) is 0 Å². The Labute approximate surface area is 135 Å². The fourth-order valence-corrected chi connectivity index (χ4v) is 2.76. The molecule has 2 unspecified atom stereocenters. The zero-order valence-electron chi connectivity index (χ0n) is 13.3. The van der Waals surface area contributed by atoms with E-state index in [0.717, 1.165) is 0 Å². The number of ether oxygens (including phenoxy) is 1. The van der Waals surface area contributed by atoms with Crippen LogP contribution in [0.25, 0.3) is 0 Å². The van der Waals surface area contributed by atoms with E-state index in [2.05, 4.69) is 10.6 Å². The van der Waals surface area contributed by atoms with Gasteiger partial charge in [0.05, 0.1) is 6.61 Å². The molecule has 23 heavy (non-hydrogen) atoms. The molecule has 1 rings (SSSR count). The van der Waals surface area contributed by atoms with Gasteiger partial charge in [-0.3, -0.25) is 14.9 Å². The molecule has 1 heterocycles. The Balaban J connectivity index is 2.51. The molecule has 132 valence electrons. The molecule has 1 aliphatic heterocycles. The minimum atomic E-state index is -1.37. The van der Waals surface area contributed by atoms with Gasteiger partial charge in [-0.25, -0.2) is 0 Å². The molecular formula is C13H26BN3O6. The number of amides is 1. The van der Waals surface area contributed by atoms with E-state index in [1.807, 2.05) is 0 Å². The number of methoxy groups -OCH3 is 1. The van der Waals surface area contributed by atoms with Gasteiger partial charge >= 0.3 is 13.1 Å². The van der Waals surface area contributed by atoms with Gasteiger partial charge in [-0.05, 0) is 19.2 Å². The van der Waals surface area contributed by atoms with Crippen LogP contribution in [0.15, 0.2) is 0 Å². The lowest BCUT2D eigenvalue weighted by molar-refractivity contribution is -0.144. The van der Waals surface area contributed by atoms with Crippen molar-refractivity contribution in [2.45, 2.75) is 49.6 Å². The Morgan fingerprint density at radius 1 is 1.48 bits per heavy atom. The van der Waals surface area contributed by atoms with Crippen LogP contribution in [0.3, 0.4) is 0 Å². The van der Waals surface area contributed by atoms with Gasteiger partial charge in [-0.1, -0.05) is 12.8 Å². The number of carboxylic acid groups (broad SMARTS) is 1. The number of nitrogens with one attached hydrogen (secondary N) is 2. The number of hydrogen-bond donors (Lipinski definition) is 6. The van der Waals surface area contributed by atoms with Crippen molar-refractivity contribution in [3.8, 4) is 0 Å². The Morgan fingerprint density at radius 3 is 2.74 bits per heavy atom. The highest BCUT2D eigenvalue weighted by molar-refractivity contribution is 6.40. The lowest BCUT2D eigenvalue weighted by Crippen LogP contribution is -2.48. The summed E-state index contributed by atoms with van der Waals surface area (Å²) in [7, 11) is 0.0740. The number of rotatable bonds is 10. The lowest BCUT2D eigenvalue weighted by atomic mass is 9.81. The Hall–Kier alpha value is -1.20. The van der Waals surface area contributed by atoms with E-state index in [9.17, 15) is 14.7 Å². The maximum Gasteiger partial charge on any atom is 0.451 e. The number of carbonyl (C=O) groups excluding carboxylic acids is 1. The molecule has 10 heteroatoms. The van der Waals surface area contributed by atoms with E-state index in [1.54, 1.807) is 0 Å². The summed E-state index contributed by atoms with van der Waals surface area (Å²) in [5, 5.41) is 32.8. The Kier molecular flexibility index (Phi) is 7.93. The molecule has 0 aliphatic carbocycles. The van der Waals surface area contributed by atoms with Crippen molar-refractivity contribution in [1.82, 2.24) is 10.6 Å². The second-order valence-electron chi connectivity index (χ2n) is 5.97. The predicted molar refractivity (Wildman–Crippen MR) is 83.6 cm³/mol. The van der Waals surface area contributed by atoms with Crippen LogP contribution in [0.2, 0.25) is 6.32 Å². The third kappa shape index (κ3) is 6.07. The highest BCUT2D eigenvalue weighted by Gasteiger charge is 2.45. The number of carbonyl (C=O) groups is 2. The van der Waals surface area contributed by atoms with Crippen LogP contribution < -0.4 is 16.4 Å². The first-order valence-corrected chi connectivity index (χ1v) is 7.70. The lowest BCUT2D eigenvalue weighted by Gasteiger charge is -2.25. The van der Waals surface area contributed by atoms with Crippen molar-refractivity contribution in [1.29, 1.82) is 0 Å². The maximum atomic E-state index is 11.9. The van der Waals surface area contributed by atoms with E-state index in [-0.39, 0.29) is 31.3 Å². The number of carboxylic acids is 1. The predicted octanol–water partition coefficient (Wildman–Crippen LogP) is -2.10. The molecule has 1 fully saturated rings. The van der Waals surface area contributed by atoms with Crippen molar-refractivity contribution in [3.63, 3.8) is 0 Å². The molecule has 9 nitrogen and oxygen atoms in total. The third-order valence-electron chi connectivity index (χ3n) is 4.04. The molecule has 0 bridgehead atoms. The average Bonchev–Trinajstić information content (AvgIpc) is 2.88. The van der Waals surface area contributed by atoms with Gasteiger partial charge in [0.1, 0.15) is 11.6 Å². The van der Waals surface area contributed by atoms with Gasteiger partial charge < -0.3 is 30.9 Å². The quantitative estimate of drug-likeness (QED) is 0.197. The summed E-state index contributed by atoms with van der Waals surface area (Å²) >= 11 is 0. The zero-order chi connectivity index (χ0) is 17.5. The topological polar surface area (TPSA) is 154 Å². The summed E-state index contributed by atoms with van der Waals surface area (Å²) in [6.07, 6.45) is 1.88. The molecule has 3 atom stereocenters. The maximum absolute atomic E-state index is 11.9. The average molecular weight is 331 g/mol. The van der Waals surface area contributed by atoms with E-state index in [0.29, 0.717) is 25.8 Å². The molecule has 0 aromatic rings. The van der Waals surface area contributed by atoms with Crippen LogP contribution >= 0.6 is 0 Å². The molecule has 0 saturated carbocycles. The third-order valence-corrected chi connectivity index (χ3v) is 4.04. The number of unbranched alkanes of at least 4 members (excludes halogenated alkanes) is 1. The highest BCUT2D eigenvalue weighted by Crippen LogP contribution is 2.26. The van der Waals surface area contributed by atoms with E-state index >= 15 is 0 Å². The SMILES string of the molecule is COC[C@H](N)C(=O)NC1CNC(CCCCB(O)O)(C(=O)O)C1. The standard InChI is InChI=1S/C13H26BN3O6/c1-23-8-10(15)11(18)17-9-6-13(12(19)20,16-7-9)4-2-3-5-14(21)22/h9-10,16,21-22H,2-8,15H2,1H3,(H,17,18)(H,19,20)/t9?,10-,13?/m0/s1. The summed E-state index contributed by atoms with van der Waals surface area (Å²) in [5.74, 6) is -1.34. The van der Waals surface area contributed by atoms with Crippen LogP contribution in [-0.4, -0.2) is 72.0 Å². The first kappa shape index (κ1) is 19.9. The minimum Gasteiger partial charge on any atom is -0.480 e.